The predicted molar refractivity (Wildman–Crippen MR) is 81.7 cm³/mol. The maximum atomic E-state index is 5.79. The van der Waals surface area contributed by atoms with E-state index in [1.54, 1.807) is 0 Å². The van der Waals surface area contributed by atoms with Crippen molar-refractivity contribution in [3.8, 4) is 11.5 Å². The Kier molecular flexibility index (Phi) is 5.52. The lowest BCUT2D eigenvalue weighted by Crippen LogP contribution is -2.37. The van der Waals surface area contributed by atoms with Crippen LogP contribution in [-0.2, 0) is 6.54 Å². The van der Waals surface area contributed by atoms with Gasteiger partial charge in [0.25, 0.3) is 0 Å². The number of ether oxygens (including phenoxy) is 2. The van der Waals surface area contributed by atoms with E-state index in [0.29, 0.717) is 19.1 Å². The molecule has 1 aromatic carbocycles. The van der Waals surface area contributed by atoms with Crippen molar-refractivity contribution in [1.29, 1.82) is 0 Å². The fourth-order valence-corrected chi connectivity index (χ4v) is 2.93. The van der Waals surface area contributed by atoms with Crippen LogP contribution in [0.5, 0.6) is 11.5 Å². The number of nitrogens with zero attached hydrogens (tertiary/aromatic N) is 1. The van der Waals surface area contributed by atoms with Gasteiger partial charge in [-0.3, -0.25) is 4.90 Å². The molecule has 2 heterocycles. The summed E-state index contributed by atoms with van der Waals surface area (Å²) in [7, 11) is 0. The standard InChI is InChI=1S/C15H22N2O2.ClH/c16-9-13-2-1-5-17(11-13)10-12-3-4-14-15(8-12)19-7-6-18-14;/h3-4,8,13H,1-2,5-7,9-11,16H2;1H. The van der Waals surface area contributed by atoms with Crippen molar-refractivity contribution < 1.29 is 9.47 Å². The Labute approximate surface area is 126 Å². The number of hydrogen-bond acceptors (Lipinski definition) is 4. The van der Waals surface area contributed by atoms with Gasteiger partial charge in [-0.25, -0.2) is 0 Å². The minimum atomic E-state index is 0. The van der Waals surface area contributed by atoms with Gasteiger partial charge in [0, 0.05) is 13.1 Å². The fraction of sp³-hybridized carbons (Fsp3) is 0.600. The van der Waals surface area contributed by atoms with E-state index < -0.39 is 0 Å². The molecule has 5 heteroatoms. The molecule has 3 rings (SSSR count). The highest BCUT2D eigenvalue weighted by molar-refractivity contribution is 5.85. The van der Waals surface area contributed by atoms with Gasteiger partial charge in [0.1, 0.15) is 13.2 Å². The zero-order chi connectivity index (χ0) is 13.1. The summed E-state index contributed by atoms with van der Waals surface area (Å²) in [5.74, 6) is 2.41. The Bertz CT molecular complexity index is 442. The molecule has 0 spiro atoms. The lowest BCUT2D eigenvalue weighted by Gasteiger charge is -2.32. The molecule has 1 unspecified atom stereocenters. The normalized spacial score (nSPS) is 22.1. The smallest absolute Gasteiger partial charge is 0.161 e. The highest BCUT2D eigenvalue weighted by atomic mass is 35.5. The summed E-state index contributed by atoms with van der Waals surface area (Å²) in [6.45, 7) is 5.37. The summed E-state index contributed by atoms with van der Waals surface area (Å²) >= 11 is 0. The number of likely N-dealkylation sites (tertiary alicyclic amines) is 1. The predicted octanol–water partition coefficient (Wildman–Crippen LogP) is 2.05. The van der Waals surface area contributed by atoms with Crippen molar-refractivity contribution in [2.75, 3.05) is 32.8 Å². The van der Waals surface area contributed by atoms with E-state index in [9.17, 15) is 0 Å². The van der Waals surface area contributed by atoms with E-state index in [2.05, 4.69) is 17.0 Å². The molecule has 0 aliphatic carbocycles. The maximum Gasteiger partial charge on any atom is 0.161 e. The second-order valence-corrected chi connectivity index (χ2v) is 5.46. The molecule has 2 aliphatic heterocycles. The molecule has 4 nitrogen and oxygen atoms in total. The SMILES string of the molecule is Cl.NCC1CCCN(Cc2ccc3c(c2)OCCO3)C1. The largest absolute Gasteiger partial charge is 0.486 e. The lowest BCUT2D eigenvalue weighted by atomic mass is 9.98. The zero-order valence-electron chi connectivity index (χ0n) is 11.7. The van der Waals surface area contributed by atoms with Crippen molar-refractivity contribution in [3.63, 3.8) is 0 Å². The summed E-state index contributed by atoms with van der Waals surface area (Å²) in [5.41, 5.74) is 7.08. The molecular weight excluding hydrogens is 276 g/mol. The summed E-state index contributed by atoms with van der Waals surface area (Å²) in [4.78, 5) is 2.49. The Morgan fingerprint density at radius 3 is 2.80 bits per heavy atom. The van der Waals surface area contributed by atoms with Gasteiger partial charge in [-0.1, -0.05) is 6.07 Å². The van der Waals surface area contributed by atoms with E-state index in [0.717, 1.165) is 31.1 Å². The third kappa shape index (κ3) is 3.57. The molecule has 2 N–H and O–H groups in total. The quantitative estimate of drug-likeness (QED) is 0.928. The van der Waals surface area contributed by atoms with E-state index in [-0.39, 0.29) is 12.4 Å². The van der Waals surface area contributed by atoms with E-state index in [1.807, 2.05) is 6.07 Å². The van der Waals surface area contributed by atoms with Gasteiger partial charge in [-0.15, -0.1) is 12.4 Å². The average Bonchev–Trinajstić information content (AvgIpc) is 2.47. The van der Waals surface area contributed by atoms with Crippen molar-refractivity contribution in [1.82, 2.24) is 4.90 Å². The van der Waals surface area contributed by atoms with E-state index in [4.69, 9.17) is 15.2 Å². The van der Waals surface area contributed by atoms with Gasteiger partial charge in [0.2, 0.25) is 0 Å². The number of benzene rings is 1. The number of rotatable bonds is 3. The van der Waals surface area contributed by atoms with E-state index >= 15 is 0 Å². The van der Waals surface area contributed by atoms with Gasteiger partial charge in [-0.2, -0.15) is 0 Å². The second-order valence-electron chi connectivity index (χ2n) is 5.46. The molecule has 0 saturated carbocycles. The first kappa shape index (κ1) is 15.4. The first-order valence-electron chi connectivity index (χ1n) is 7.16. The number of piperidine rings is 1. The van der Waals surface area contributed by atoms with Crippen LogP contribution in [0, 0.1) is 5.92 Å². The molecule has 0 aromatic heterocycles. The maximum absolute atomic E-state index is 5.79. The van der Waals surface area contributed by atoms with Crippen molar-refractivity contribution in [2.24, 2.45) is 11.7 Å². The van der Waals surface area contributed by atoms with Crippen LogP contribution >= 0.6 is 12.4 Å². The van der Waals surface area contributed by atoms with Gasteiger partial charge in [0.15, 0.2) is 11.5 Å². The van der Waals surface area contributed by atoms with Crippen LogP contribution in [0.15, 0.2) is 18.2 Å². The van der Waals surface area contributed by atoms with Crippen LogP contribution < -0.4 is 15.2 Å². The average molecular weight is 299 g/mol. The number of halogens is 1. The van der Waals surface area contributed by atoms with Crippen LogP contribution in [0.1, 0.15) is 18.4 Å². The number of nitrogens with two attached hydrogens (primary N) is 1. The van der Waals surface area contributed by atoms with Crippen molar-refractivity contribution in [3.05, 3.63) is 23.8 Å². The van der Waals surface area contributed by atoms with Gasteiger partial charge in [-0.05, 0) is 49.5 Å². The molecule has 112 valence electrons. The van der Waals surface area contributed by atoms with Crippen LogP contribution in [0.25, 0.3) is 0 Å². The third-order valence-corrected chi connectivity index (χ3v) is 3.95. The van der Waals surface area contributed by atoms with Gasteiger partial charge < -0.3 is 15.2 Å². The summed E-state index contributed by atoms with van der Waals surface area (Å²) in [6.07, 6.45) is 2.53. The molecule has 0 radical (unpaired) electrons. The topological polar surface area (TPSA) is 47.7 Å². The van der Waals surface area contributed by atoms with Crippen molar-refractivity contribution in [2.45, 2.75) is 19.4 Å². The molecule has 1 fully saturated rings. The highest BCUT2D eigenvalue weighted by Crippen LogP contribution is 2.31. The molecular formula is C15H23ClN2O2. The molecule has 20 heavy (non-hydrogen) atoms. The third-order valence-electron chi connectivity index (χ3n) is 3.95. The molecule has 2 aliphatic rings. The molecule has 1 aromatic rings. The molecule has 0 bridgehead atoms. The Morgan fingerprint density at radius 1 is 1.20 bits per heavy atom. The molecule has 1 atom stereocenters. The van der Waals surface area contributed by atoms with Crippen LogP contribution in [0.2, 0.25) is 0 Å². The lowest BCUT2D eigenvalue weighted by molar-refractivity contribution is 0.165. The second kappa shape index (κ2) is 7.16. The minimum Gasteiger partial charge on any atom is -0.486 e. The Hall–Kier alpha value is -0.970. The summed E-state index contributed by atoms with van der Waals surface area (Å²) in [6, 6.07) is 6.27. The Balaban J connectivity index is 0.00000147. The van der Waals surface area contributed by atoms with Crippen LogP contribution in [-0.4, -0.2) is 37.7 Å². The number of hydrogen-bond donors (Lipinski definition) is 1. The summed E-state index contributed by atoms with van der Waals surface area (Å²) < 4.78 is 11.2. The Morgan fingerprint density at radius 2 is 2.00 bits per heavy atom. The monoisotopic (exact) mass is 298 g/mol. The summed E-state index contributed by atoms with van der Waals surface area (Å²) in [5, 5.41) is 0. The van der Waals surface area contributed by atoms with Gasteiger partial charge in [0.05, 0.1) is 0 Å². The minimum absolute atomic E-state index is 0. The van der Waals surface area contributed by atoms with E-state index in [1.165, 1.54) is 24.9 Å². The van der Waals surface area contributed by atoms with Crippen molar-refractivity contribution >= 4 is 12.4 Å². The first-order chi connectivity index (χ1) is 9.35. The first-order valence-corrected chi connectivity index (χ1v) is 7.16. The molecule has 0 amide bonds. The zero-order valence-corrected chi connectivity index (χ0v) is 12.5. The highest BCUT2D eigenvalue weighted by Gasteiger charge is 2.19. The fourth-order valence-electron chi connectivity index (χ4n) is 2.93. The number of fused-ring (bicyclic) bond motifs is 1. The van der Waals surface area contributed by atoms with Crippen LogP contribution in [0.3, 0.4) is 0 Å². The van der Waals surface area contributed by atoms with Crippen LogP contribution in [0.4, 0.5) is 0 Å². The van der Waals surface area contributed by atoms with Gasteiger partial charge >= 0.3 is 0 Å². The molecule has 1 saturated heterocycles.